The van der Waals surface area contributed by atoms with Gasteiger partial charge in [0, 0.05) is 44.1 Å². The number of piperidine rings is 1. The Balaban J connectivity index is 0.000000647. The second-order valence-corrected chi connectivity index (χ2v) is 5.66. The van der Waals surface area contributed by atoms with E-state index < -0.39 is 0 Å². The third-order valence-corrected chi connectivity index (χ3v) is 4.09. The maximum atomic E-state index is 11.4. The van der Waals surface area contributed by atoms with Crippen molar-refractivity contribution >= 4 is 12.4 Å². The van der Waals surface area contributed by atoms with E-state index in [1.54, 1.807) is 6.92 Å². The van der Waals surface area contributed by atoms with Crippen LogP contribution in [0.1, 0.15) is 31.5 Å². The number of carbonyl (C=O) groups is 2. The molecule has 0 aliphatic carbocycles. The standard InChI is InChI=1S/C16H20N4O.CH2O2/c1-12-4-3-5-15(18-12)16-17-8-11-20(16)14-6-9-19(10-7-14)13(2)21;2-1-3/h3-5,8,11,14H,6-7,9-10H2,1-2H3;1H,(H,2,3). The Morgan fingerprint density at radius 2 is 2.00 bits per heavy atom. The number of nitrogens with zero attached hydrogens (tertiary/aromatic N) is 4. The SMILES string of the molecule is CC(=O)N1CCC(n2ccnc2-c2cccc(C)n2)CC1.O=CO. The molecule has 1 saturated heterocycles. The van der Waals surface area contributed by atoms with Crippen LogP contribution in [0.5, 0.6) is 0 Å². The molecular formula is C17H22N4O3. The number of carbonyl (C=O) groups excluding carboxylic acids is 1. The van der Waals surface area contributed by atoms with Crippen LogP contribution in [0.15, 0.2) is 30.6 Å². The van der Waals surface area contributed by atoms with E-state index in [9.17, 15) is 4.79 Å². The number of aryl methyl sites for hydroxylation is 1. The van der Waals surface area contributed by atoms with Gasteiger partial charge in [0.15, 0.2) is 5.82 Å². The average molecular weight is 330 g/mol. The van der Waals surface area contributed by atoms with Crippen LogP contribution >= 0.6 is 0 Å². The zero-order valence-electron chi connectivity index (χ0n) is 13.9. The highest BCUT2D eigenvalue weighted by molar-refractivity contribution is 5.73. The molecule has 1 N–H and O–H groups in total. The van der Waals surface area contributed by atoms with E-state index in [0.29, 0.717) is 6.04 Å². The summed E-state index contributed by atoms with van der Waals surface area (Å²) in [4.78, 5) is 30.7. The van der Waals surface area contributed by atoms with Gasteiger partial charge in [0.1, 0.15) is 5.69 Å². The van der Waals surface area contributed by atoms with Gasteiger partial charge in [-0.1, -0.05) is 6.07 Å². The summed E-state index contributed by atoms with van der Waals surface area (Å²) in [6.07, 6.45) is 5.79. The van der Waals surface area contributed by atoms with E-state index >= 15 is 0 Å². The molecule has 7 nitrogen and oxygen atoms in total. The third-order valence-electron chi connectivity index (χ3n) is 4.09. The lowest BCUT2D eigenvalue weighted by atomic mass is 10.0. The first-order valence-electron chi connectivity index (χ1n) is 7.87. The second kappa shape index (κ2) is 8.24. The summed E-state index contributed by atoms with van der Waals surface area (Å²) in [7, 11) is 0. The number of imidazole rings is 1. The van der Waals surface area contributed by atoms with Crippen LogP contribution in [0, 0.1) is 6.92 Å². The predicted octanol–water partition coefficient (Wildman–Crippen LogP) is 2.14. The molecule has 128 valence electrons. The minimum atomic E-state index is -0.250. The molecule has 0 unspecified atom stereocenters. The lowest BCUT2D eigenvalue weighted by Crippen LogP contribution is -2.37. The summed E-state index contributed by atoms with van der Waals surface area (Å²) in [6, 6.07) is 6.38. The molecule has 1 amide bonds. The van der Waals surface area contributed by atoms with Crippen molar-refractivity contribution in [1.82, 2.24) is 19.4 Å². The van der Waals surface area contributed by atoms with E-state index in [1.165, 1.54) is 0 Å². The molecule has 1 aliphatic rings. The minimum absolute atomic E-state index is 0.166. The molecular weight excluding hydrogens is 308 g/mol. The van der Waals surface area contributed by atoms with E-state index in [0.717, 1.165) is 43.1 Å². The van der Waals surface area contributed by atoms with Crippen LogP contribution in [0.2, 0.25) is 0 Å². The van der Waals surface area contributed by atoms with Gasteiger partial charge in [0.05, 0.1) is 0 Å². The van der Waals surface area contributed by atoms with Gasteiger partial charge in [-0.15, -0.1) is 0 Å². The van der Waals surface area contributed by atoms with Crippen LogP contribution in [0.3, 0.4) is 0 Å². The minimum Gasteiger partial charge on any atom is -0.483 e. The number of aromatic nitrogens is 3. The fraction of sp³-hybridized carbons (Fsp3) is 0.412. The topological polar surface area (TPSA) is 88.3 Å². The molecule has 0 saturated carbocycles. The van der Waals surface area contributed by atoms with Crippen molar-refractivity contribution in [3.8, 4) is 11.5 Å². The molecule has 0 spiro atoms. The molecule has 2 aromatic heterocycles. The molecule has 3 rings (SSSR count). The highest BCUT2D eigenvalue weighted by Gasteiger charge is 2.23. The normalized spacial score (nSPS) is 14.7. The molecule has 3 heterocycles. The summed E-state index contributed by atoms with van der Waals surface area (Å²) in [5.41, 5.74) is 1.91. The molecule has 24 heavy (non-hydrogen) atoms. The van der Waals surface area contributed by atoms with Gasteiger partial charge >= 0.3 is 0 Å². The van der Waals surface area contributed by atoms with Gasteiger partial charge in [0.25, 0.3) is 6.47 Å². The number of pyridine rings is 1. The summed E-state index contributed by atoms with van der Waals surface area (Å²) in [6.45, 7) is 5.01. The van der Waals surface area contributed by atoms with Gasteiger partial charge in [0.2, 0.25) is 5.91 Å². The van der Waals surface area contributed by atoms with E-state index in [2.05, 4.69) is 14.5 Å². The van der Waals surface area contributed by atoms with Gasteiger partial charge in [-0.2, -0.15) is 0 Å². The molecule has 0 atom stereocenters. The largest absolute Gasteiger partial charge is 0.483 e. The molecule has 0 bridgehead atoms. The van der Waals surface area contributed by atoms with Crippen LogP contribution in [0.25, 0.3) is 11.5 Å². The van der Waals surface area contributed by atoms with E-state index in [-0.39, 0.29) is 12.4 Å². The van der Waals surface area contributed by atoms with Crippen molar-refractivity contribution < 1.29 is 14.7 Å². The first-order chi connectivity index (χ1) is 11.6. The highest BCUT2D eigenvalue weighted by atomic mass is 16.3. The Hall–Kier alpha value is -2.70. The van der Waals surface area contributed by atoms with E-state index in [4.69, 9.17) is 9.90 Å². The molecule has 0 aromatic carbocycles. The lowest BCUT2D eigenvalue weighted by Gasteiger charge is -2.32. The number of likely N-dealkylation sites (tertiary alicyclic amines) is 1. The second-order valence-electron chi connectivity index (χ2n) is 5.66. The van der Waals surface area contributed by atoms with Crippen molar-refractivity contribution in [1.29, 1.82) is 0 Å². The number of hydrogen-bond donors (Lipinski definition) is 1. The van der Waals surface area contributed by atoms with Gasteiger partial charge in [-0.25, -0.2) is 9.97 Å². The van der Waals surface area contributed by atoms with Crippen LogP contribution in [-0.4, -0.2) is 50.0 Å². The summed E-state index contributed by atoms with van der Waals surface area (Å²) in [5, 5.41) is 6.89. The quantitative estimate of drug-likeness (QED) is 0.852. The Bertz CT molecular complexity index is 691. The summed E-state index contributed by atoms with van der Waals surface area (Å²) >= 11 is 0. The van der Waals surface area contributed by atoms with Crippen LogP contribution in [0.4, 0.5) is 0 Å². The van der Waals surface area contributed by atoms with Crippen molar-refractivity contribution in [2.24, 2.45) is 0 Å². The van der Waals surface area contributed by atoms with E-state index in [1.807, 2.05) is 42.4 Å². The van der Waals surface area contributed by atoms with Crippen LogP contribution in [-0.2, 0) is 9.59 Å². The fourth-order valence-corrected chi connectivity index (χ4v) is 2.93. The Kier molecular flexibility index (Phi) is 6.06. The Labute approximate surface area is 141 Å². The lowest BCUT2D eigenvalue weighted by molar-refractivity contribution is -0.130. The third kappa shape index (κ3) is 4.18. The average Bonchev–Trinajstić information content (AvgIpc) is 3.05. The van der Waals surface area contributed by atoms with Crippen molar-refractivity contribution in [2.45, 2.75) is 32.7 Å². The van der Waals surface area contributed by atoms with Crippen LogP contribution < -0.4 is 0 Å². The fourth-order valence-electron chi connectivity index (χ4n) is 2.93. The van der Waals surface area contributed by atoms with Crippen molar-refractivity contribution in [3.05, 3.63) is 36.3 Å². The van der Waals surface area contributed by atoms with Crippen molar-refractivity contribution in [2.75, 3.05) is 13.1 Å². The maximum Gasteiger partial charge on any atom is 0.290 e. The monoisotopic (exact) mass is 330 g/mol. The van der Waals surface area contributed by atoms with Gasteiger partial charge < -0.3 is 14.6 Å². The highest BCUT2D eigenvalue weighted by Crippen LogP contribution is 2.27. The molecule has 7 heteroatoms. The first-order valence-corrected chi connectivity index (χ1v) is 7.87. The molecule has 2 aromatic rings. The molecule has 1 fully saturated rings. The number of amides is 1. The summed E-state index contributed by atoms with van der Waals surface area (Å²) in [5.74, 6) is 1.08. The predicted molar refractivity (Wildman–Crippen MR) is 89.4 cm³/mol. The molecule has 0 radical (unpaired) electrons. The summed E-state index contributed by atoms with van der Waals surface area (Å²) < 4.78 is 2.21. The van der Waals surface area contributed by atoms with Crippen molar-refractivity contribution in [3.63, 3.8) is 0 Å². The Morgan fingerprint density at radius 1 is 1.33 bits per heavy atom. The number of rotatable bonds is 2. The zero-order chi connectivity index (χ0) is 17.5. The smallest absolute Gasteiger partial charge is 0.290 e. The van der Waals surface area contributed by atoms with Gasteiger partial charge in [-0.05, 0) is 31.9 Å². The number of carboxylic acid groups (broad SMARTS) is 1. The number of hydrogen-bond acceptors (Lipinski definition) is 4. The maximum absolute atomic E-state index is 11.4. The molecule has 1 aliphatic heterocycles. The first kappa shape index (κ1) is 17.7. The Morgan fingerprint density at radius 3 is 2.58 bits per heavy atom. The van der Waals surface area contributed by atoms with Gasteiger partial charge in [-0.3, -0.25) is 9.59 Å². The zero-order valence-corrected chi connectivity index (χ0v) is 13.9.